The van der Waals surface area contributed by atoms with Gasteiger partial charge in [-0.1, -0.05) is 0 Å². The van der Waals surface area contributed by atoms with Crippen LogP contribution in [0.5, 0.6) is 0 Å². The minimum Gasteiger partial charge on any atom is -0.311 e. The molecule has 2 saturated carbocycles. The van der Waals surface area contributed by atoms with Gasteiger partial charge in [0, 0.05) is 24.2 Å². The summed E-state index contributed by atoms with van der Waals surface area (Å²) in [4.78, 5) is 0. The van der Waals surface area contributed by atoms with Crippen molar-refractivity contribution < 1.29 is 8.42 Å². The van der Waals surface area contributed by atoms with Crippen LogP contribution in [0.2, 0.25) is 0 Å². The third-order valence-electron chi connectivity index (χ3n) is 6.18. The quantitative estimate of drug-likeness (QED) is 0.793. The minimum atomic E-state index is -3.05. The fraction of sp³-hybridized carbons (Fsp3) is 1.00. The SMILES string of the molecule is CS(=O)(=O)N1CC2(CCC3(CC3)NC2)CCC12CC2. The van der Waals surface area contributed by atoms with Crippen LogP contribution in [0.4, 0.5) is 0 Å². The van der Waals surface area contributed by atoms with E-state index < -0.39 is 10.0 Å². The van der Waals surface area contributed by atoms with Gasteiger partial charge in [-0.15, -0.1) is 0 Å². The zero-order valence-electron chi connectivity index (χ0n) is 11.7. The number of hydrogen-bond donors (Lipinski definition) is 1. The molecule has 3 spiro atoms. The third-order valence-corrected chi connectivity index (χ3v) is 7.50. The molecule has 5 heteroatoms. The van der Waals surface area contributed by atoms with E-state index in [0.29, 0.717) is 5.54 Å². The Morgan fingerprint density at radius 1 is 0.947 bits per heavy atom. The summed E-state index contributed by atoms with van der Waals surface area (Å²) in [6.45, 7) is 1.78. The molecular formula is C14H24N2O2S. The van der Waals surface area contributed by atoms with Crippen molar-refractivity contribution in [1.82, 2.24) is 9.62 Å². The molecule has 0 amide bonds. The standard InChI is InChI=1S/C14H24N2O2S/c1-19(17,18)16-11-12(3-7-14(16)8-9-14)2-4-13(5-6-13)15-10-12/h15H,2-11H2,1H3. The lowest BCUT2D eigenvalue weighted by atomic mass is 9.71. The maximum Gasteiger partial charge on any atom is 0.211 e. The zero-order valence-corrected chi connectivity index (χ0v) is 12.6. The summed E-state index contributed by atoms with van der Waals surface area (Å²) >= 11 is 0. The molecule has 2 saturated heterocycles. The van der Waals surface area contributed by atoms with Gasteiger partial charge in [0.1, 0.15) is 0 Å². The molecule has 4 nitrogen and oxygen atoms in total. The number of hydrogen-bond acceptors (Lipinski definition) is 3. The van der Waals surface area contributed by atoms with Crippen LogP contribution in [-0.2, 0) is 10.0 Å². The highest BCUT2D eigenvalue weighted by molar-refractivity contribution is 7.88. The first-order valence-electron chi connectivity index (χ1n) is 7.60. The molecular weight excluding hydrogens is 260 g/mol. The van der Waals surface area contributed by atoms with Crippen LogP contribution in [0.3, 0.4) is 0 Å². The zero-order chi connectivity index (χ0) is 13.4. The Bertz CT molecular complexity index is 490. The lowest BCUT2D eigenvalue weighted by Crippen LogP contribution is -2.58. The second kappa shape index (κ2) is 3.55. The molecule has 2 aliphatic carbocycles. The molecule has 4 fully saturated rings. The summed E-state index contributed by atoms with van der Waals surface area (Å²) in [5, 5.41) is 3.73. The normalized spacial score (nSPS) is 39.8. The third kappa shape index (κ3) is 1.96. The van der Waals surface area contributed by atoms with E-state index in [1.165, 1.54) is 38.4 Å². The fourth-order valence-electron chi connectivity index (χ4n) is 4.27. The first kappa shape index (κ1) is 12.6. The second-order valence-electron chi connectivity index (χ2n) is 7.63. The van der Waals surface area contributed by atoms with Crippen molar-refractivity contribution in [2.24, 2.45) is 5.41 Å². The van der Waals surface area contributed by atoms with Crippen molar-refractivity contribution in [2.75, 3.05) is 19.3 Å². The van der Waals surface area contributed by atoms with Crippen molar-refractivity contribution >= 4 is 10.0 Å². The first-order valence-corrected chi connectivity index (χ1v) is 9.45. The average Bonchev–Trinajstić information content (AvgIpc) is 3.25. The predicted molar refractivity (Wildman–Crippen MR) is 74.4 cm³/mol. The molecule has 4 rings (SSSR count). The van der Waals surface area contributed by atoms with Gasteiger partial charge in [-0.25, -0.2) is 8.42 Å². The highest BCUT2D eigenvalue weighted by Crippen LogP contribution is 2.56. The molecule has 0 aromatic carbocycles. The monoisotopic (exact) mass is 284 g/mol. The fourth-order valence-corrected chi connectivity index (χ4v) is 5.75. The Morgan fingerprint density at radius 3 is 2.00 bits per heavy atom. The van der Waals surface area contributed by atoms with Crippen LogP contribution < -0.4 is 5.32 Å². The lowest BCUT2D eigenvalue weighted by Gasteiger charge is -2.50. The molecule has 4 aliphatic rings. The highest BCUT2D eigenvalue weighted by atomic mass is 32.2. The largest absolute Gasteiger partial charge is 0.311 e. The number of nitrogens with zero attached hydrogens (tertiary/aromatic N) is 1. The molecule has 1 unspecified atom stereocenters. The summed E-state index contributed by atoms with van der Waals surface area (Å²) in [5.41, 5.74) is 0.689. The molecule has 19 heavy (non-hydrogen) atoms. The molecule has 0 aromatic rings. The summed E-state index contributed by atoms with van der Waals surface area (Å²) in [6.07, 6.45) is 10.9. The molecule has 2 aliphatic heterocycles. The van der Waals surface area contributed by atoms with Crippen molar-refractivity contribution in [2.45, 2.75) is 62.4 Å². The predicted octanol–water partition coefficient (Wildman–Crippen LogP) is 1.48. The van der Waals surface area contributed by atoms with E-state index in [2.05, 4.69) is 5.32 Å². The summed E-state index contributed by atoms with van der Waals surface area (Å²) in [5.74, 6) is 0. The van der Waals surface area contributed by atoms with Crippen LogP contribution in [-0.4, -0.2) is 43.1 Å². The van der Waals surface area contributed by atoms with Crippen LogP contribution in [0.25, 0.3) is 0 Å². The molecule has 108 valence electrons. The Balaban J connectivity index is 1.56. The van der Waals surface area contributed by atoms with Crippen molar-refractivity contribution in [1.29, 1.82) is 0 Å². The van der Waals surface area contributed by atoms with Crippen molar-refractivity contribution in [3.05, 3.63) is 0 Å². The van der Waals surface area contributed by atoms with Gasteiger partial charge in [0.25, 0.3) is 0 Å². The van der Waals surface area contributed by atoms with E-state index >= 15 is 0 Å². The summed E-state index contributed by atoms with van der Waals surface area (Å²) in [6, 6.07) is 0. The van der Waals surface area contributed by atoms with Gasteiger partial charge in [-0.05, 0) is 56.8 Å². The van der Waals surface area contributed by atoms with Crippen LogP contribution in [0.15, 0.2) is 0 Å². The molecule has 1 atom stereocenters. The lowest BCUT2D eigenvalue weighted by molar-refractivity contribution is 0.0533. The van der Waals surface area contributed by atoms with E-state index in [-0.39, 0.29) is 11.0 Å². The number of rotatable bonds is 1. The molecule has 1 N–H and O–H groups in total. The Kier molecular flexibility index (Phi) is 2.35. The van der Waals surface area contributed by atoms with Gasteiger partial charge < -0.3 is 5.32 Å². The van der Waals surface area contributed by atoms with E-state index in [9.17, 15) is 8.42 Å². The second-order valence-corrected chi connectivity index (χ2v) is 9.53. The minimum absolute atomic E-state index is 0.0214. The number of nitrogens with one attached hydrogen (secondary N) is 1. The van der Waals surface area contributed by atoms with Gasteiger partial charge in [0.15, 0.2) is 0 Å². The first-order chi connectivity index (χ1) is 8.87. The topological polar surface area (TPSA) is 49.4 Å². The van der Waals surface area contributed by atoms with Crippen molar-refractivity contribution in [3.63, 3.8) is 0 Å². The number of sulfonamides is 1. The highest BCUT2D eigenvalue weighted by Gasteiger charge is 2.59. The molecule has 2 heterocycles. The van der Waals surface area contributed by atoms with Crippen LogP contribution in [0.1, 0.15) is 51.4 Å². The van der Waals surface area contributed by atoms with Gasteiger partial charge in [-0.3, -0.25) is 0 Å². The molecule has 0 aromatic heterocycles. The smallest absolute Gasteiger partial charge is 0.211 e. The van der Waals surface area contributed by atoms with Gasteiger partial charge in [0.05, 0.1) is 6.26 Å². The summed E-state index contributed by atoms with van der Waals surface area (Å²) in [7, 11) is -3.05. The average molecular weight is 284 g/mol. The van der Waals surface area contributed by atoms with E-state index in [4.69, 9.17) is 0 Å². The Morgan fingerprint density at radius 2 is 1.53 bits per heavy atom. The summed E-state index contributed by atoms with van der Waals surface area (Å²) < 4.78 is 26.1. The maximum absolute atomic E-state index is 12.1. The van der Waals surface area contributed by atoms with Gasteiger partial charge >= 0.3 is 0 Å². The Labute approximate surface area is 116 Å². The van der Waals surface area contributed by atoms with E-state index in [1.807, 2.05) is 4.31 Å². The van der Waals surface area contributed by atoms with Gasteiger partial charge in [-0.2, -0.15) is 4.31 Å². The maximum atomic E-state index is 12.1. The van der Waals surface area contributed by atoms with E-state index in [1.54, 1.807) is 0 Å². The van der Waals surface area contributed by atoms with Crippen LogP contribution in [0, 0.1) is 5.41 Å². The molecule has 0 bridgehead atoms. The molecule has 0 radical (unpaired) electrons. The van der Waals surface area contributed by atoms with Gasteiger partial charge in [0.2, 0.25) is 10.0 Å². The Hall–Kier alpha value is -0.130. The van der Waals surface area contributed by atoms with E-state index in [0.717, 1.165) is 32.4 Å². The van der Waals surface area contributed by atoms with Crippen LogP contribution >= 0.6 is 0 Å². The number of piperidine rings is 2. The van der Waals surface area contributed by atoms with Crippen molar-refractivity contribution in [3.8, 4) is 0 Å².